The Morgan fingerprint density at radius 2 is 1.91 bits per heavy atom. The molecule has 1 aromatic rings. The summed E-state index contributed by atoms with van der Waals surface area (Å²) in [5.41, 5.74) is 1.68. The molecular formula is C16H25N3O3S. The number of hydrogen-bond donors (Lipinski definition) is 0. The van der Waals surface area contributed by atoms with E-state index in [-0.39, 0.29) is 29.2 Å². The smallest absolute Gasteiger partial charge is 0.257 e. The Kier molecular flexibility index (Phi) is 4.49. The van der Waals surface area contributed by atoms with E-state index in [1.807, 2.05) is 16.5 Å². The van der Waals surface area contributed by atoms with E-state index in [0.29, 0.717) is 18.7 Å². The van der Waals surface area contributed by atoms with Gasteiger partial charge < -0.3 is 4.90 Å². The Morgan fingerprint density at radius 3 is 2.48 bits per heavy atom. The van der Waals surface area contributed by atoms with Gasteiger partial charge >= 0.3 is 0 Å². The molecule has 1 aromatic heterocycles. The second-order valence-electron chi connectivity index (χ2n) is 6.74. The Bertz CT molecular complexity index is 675. The zero-order valence-corrected chi connectivity index (χ0v) is 14.7. The molecule has 0 unspecified atom stereocenters. The van der Waals surface area contributed by atoms with E-state index >= 15 is 0 Å². The van der Waals surface area contributed by atoms with Crippen molar-refractivity contribution in [2.24, 2.45) is 11.8 Å². The van der Waals surface area contributed by atoms with Crippen molar-refractivity contribution in [1.82, 2.24) is 14.7 Å². The van der Waals surface area contributed by atoms with Crippen LogP contribution in [0.3, 0.4) is 0 Å². The number of rotatable bonds is 5. The summed E-state index contributed by atoms with van der Waals surface area (Å²) in [6.07, 6.45) is 4.60. The number of aromatic nitrogens is 2. The molecule has 3 rings (SSSR count). The van der Waals surface area contributed by atoms with Crippen LogP contribution in [0.5, 0.6) is 0 Å². The molecule has 0 aliphatic carbocycles. The van der Waals surface area contributed by atoms with E-state index in [2.05, 4.69) is 12.0 Å². The maximum absolute atomic E-state index is 12.8. The molecule has 128 valence electrons. The number of aryl methyl sites for hydroxylation is 1. The van der Waals surface area contributed by atoms with Crippen molar-refractivity contribution in [3.05, 3.63) is 17.5 Å². The minimum atomic E-state index is -2.89. The van der Waals surface area contributed by atoms with Crippen molar-refractivity contribution in [3.8, 4) is 0 Å². The van der Waals surface area contributed by atoms with Crippen LogP contribution in [0.2, 0.25) is 0 Å². The van der Waals surface area contributed by atoms with Crippen molar-refractivity contribution in [2.75, 3.05) is 24.6 Å². The molecule has 0 saturated carbocycles. The molecule has 2 saturated heterocycles. The molecule has 2 atom stereocenters. The lowest BCUT2D eigenvalue weighted by Crippen LogP contribution is -2.31. The van der Waals surface area contributed by atoms with Gasteiger partial charge in [-0.1, -0.05) is 20.3 Å². The Morgan fingerprint density at radius 1 is 1.26 bits per heavy atom. The number of carbonyl (C=O) groups is 1. The minimum Gasteiger partial charge on any atom is -0.338 e. The van der Waals surface area contributed by atoms with E-state index < -0.39 is 9.84 Å². The first-order valence-electron chi connectivity index (χ1n) is 8.49. The van der Waals surface area contributed by atoms with Crippen LogP contribution in [-0.4, -0.2) is 53.6 Å². The molecule has 0 N–H and O–H groups in total. The van der Waals surface area contributed by atoms with Gasteiger partial charge in [-0.3, -0.25) is 9.48 Å². The molecule has 0 bridgehead atoms. The number of fused-ring (bicyclic) bond motifs is 1. The average molecular weight is 339 g/mol. The van der Waals surface area contributed by atoms with E-state index in [1.165, 1.54) is 0 Å². The molecule has 0 spiro atoms. The third-order valence-electron chi connectivity index (χ3n) is 5.04. The summed E-state index contributed by atoms with van der Waals surface area (Å²) in [5.74, 6) is 0.708. The van der Waals surface area contributed by atoms with Crippen LogP contribution in [0, 0.1) is 11.8 Å². The third-order valence-corrected chi connectivity index (χ3v) is 6.91. The van der Waals surface area contributed by atoms with Crippen LogP contribution in [0.25, 0.3) is 0 Å². The maximum Gasteiger partial charge on any atom is 0.257 e. The zero-order chi connectivity index (χ0) is 16.6. The van der Waals surface area contributed by atoms with Crippen molar-refractivity contribution < 1.29 is 13.2 Å². The van der Waals surface area contributed by atoms with Crippen LogP contribution < -0.4 is 0 Å². The quantitative estimate of drug-likeness (QED) is 0.812. The standard InChI is InChI=1S/C16H25N3O3S/c1-3-5-6-19-15(4-2)14(7-17-19)16(20)18-8-12-10-23(21,22)11-13(12)9-18/h7,12-13H,3-6,8-11H2,1-2H3/t12-,13+. The third kappa shape index (κ3) is 3.16. The number of unbranched alkanes of at least 4 members (excludes halogenated alkanes) is 1. The van der Waals surface area contributed by atoms with Crippen LogP contribution >= 0.6 is 0 Å². The number of likely N-dealkylation sites (tertiary alicyclic amines) is 1. The fraction of sp³-hybridized carbons (Fsp3) is 0.750. The fourth-order valence-corrected chi connectivity index (χ4v) is 6.03. The van der Waals surface area contributed by atoms with Gasteiger partial charge in [0.25, 0.3) is 5.91 Å². The normalized spacial score (nSPS) is 25.7. The monoisotopic (exact) mass is 339 g/mol. The summed E-state index contributed by atoms with van der Waals surface area (Å²) in [7, 11) is -2.89. The van der Waals surface area contributed by atoms with E-state index in [1.54, 1.807) is 6.20 Å². The van der Waals surface area contributed by atoms with Gasteiger partial charge in [0.15, 0.2) is 9.84 Å². The van der Waals surface area contributed by atoms with Gasteiger partial charge in [0, 0.05) is 19.6 Å². The number of nitrogens with zero attached hydrogens (tertiary/aromatic N) is 3. The molecule has 1 amide bonds. The van der Waals surface area contributed by atoms with Crippen molar-refractivity contribution in [1.29, 1.82) is 0 Å². The molecule has 3 heterocycles. The molecule has 2 aliphatic heterocycles. The molecule has 6 nitrogen and oxygen atoms in total. The van der Waals surface area contributed by atoms with E-state index in [4.69, 9.17) is 0 Å². The van der Waals surface area contributed by atoms with Crippen molar-refractivity contribution in [3.63, 3.8) is 0 Å². The summed E-state index contributed by atoms with van der Waals surface area (Å²) < 4.78 is 25.3. The van der Waals surface area contributed by atoms with E-state index in [0.717, 1.165) is 31.5 Å². The highest BCUT2D eigenvalue weighted by atomic mass is 32.2. The van der Waals surface area contributed by atoms with Crippen LogP contribution in [0.15, 0.2) is 6.20 Å². The SMILES string of the molecule is CCCCn1ncc(C(=O)N2C[C@@H]3CS(=O)(=O)C[C@@H]3C2)c1CC. The lowest BCUT2D eigenvalue weighted by Gasteiger charge is -2.17. The van der Waals surface area contributed by atoms with E-state index in [9.17, 15) is 13.2 Å². The topological polar surface area (TPSA) is 72.3 Å². The first-order chi connectivity index (χ1) is 10.9. The molecule has 0 radical (unpaired) electrons. The van der Waals surface area contributed by atoms with Gasteiger partial charge in [0.2, 0.25) is 0 Å². The largest absolute Gasteiger partial charge is 0.338 e. The second-order valence-corrected chi connectivity index (χ2v) is 8.90. The first-order valence-corrected chi connectivity index (χ1v) is 10.3. The highest BCUT2D eigenvalue weighted by molar-refractivity contribution is 7.91. The number of carbonyl (C=O) groups excluding carboxylic acids is 1. The van der Waals surface area contributed by atoms with Crippen LogP contribution in [0.4, 0.5) is 0 Å². The summed E-state index contributed by atoms with van der Waals surface area (Å²) in [6.45, 7) is 6.15. The van der Waals surface area contributed by atoms with Gasteiger partial charge in [-0.05, 0) is 24.7 Å². The lowest BCUT2D eigenvalue weighted by atomic mass is 10.0. The molecule has 0 aromatic carbocycles. The second kappa shape index (κ2) is 6.26. The van der Waals surface area contributed by atoms with Gasteiger partial charge in [0.1, 0.15) is 0 Å². The van der Waals surface area contributed by atoms with Gasteiger partial charge in [-0.15, -0.1) is 0 Å². The van der Waals surface area contributed by atoms with Crippen LogP contribution in [-0.2, 0) is 22.8 Å². The molecule has 2 fully saturated rings. The first kappa shape index (κ1) is 16.5. The minimum absolute atomic E-state index is 0.0106. The number of sulfone groups is 1. The summed E-state index contributed by atoms with van der Waals surface area (Å²) in [4.78, 5) is 14.7. The summed E-state index contributed by atoms with van der Waals surface area (Å²) >= 11 is 0. The Hall–Kier alpha value is -1.37. The molecule has 2 aliphatic rings. The van der Waals surface area contributed by atoms with Gasteiger partial charge in [-0.25, -0.2) is 8.42 Å². The fourth-order valence-electron chi connectivity index (χ4n) is 3.84. The predicted octanol–water partition coefficient (Wildman–Crippen LogP) is 1.36. The summed E-state index contributed by atoms with van der Waals surface area (Å²) in [5, 5.41) is 4.39. The number of amides is 1. The Labute approximate surface area is 137 Å². The molecule has 23 heavy (non-hydrogen) atoms. The maximum atomic E-state index is 12.8. The highest BCUT2D eigenvalue weighted by Gasteiger charge is 2.45. The average Bonchev–Trinajstić information content (AvgIpc) is 3.14. The highest BCUT2D eigenvalue weighted by Crippen LogP contribution is 2.33. The summed E-state index contributed by atoms with van der Waals surface area (Å²) in [6, 6.07) is 0. The zero-order valence-electron chi connectivity index (χ0n) is 13.9. The predicted molar refractivity (Wildman–Crippen MR) is 88.1 cm³/mol. The van der Waals surface area contributed by atoms with Crippen molar-refractivity contribution in [2.45, 2.75) is 39.7 Å². The lowest BCUT2D eigenvalue weighted by molar-refractivity contribution is 0.0783. The molecular weight excluding hydrogens is 314 g/mol. The number of hydrogen-bond acceptors (Lipinski definition) is 4. The van der Waals surface area contributed by atoms with Crippen LogP contribution in [0.1, 0.15) is 42.7 Å². The Balaban J connectivity index is 1.73. The van der Waals surface area contributed by atoms with Gasteiger partial charge in [0.05, 0.1) is 29.0 Å². The van der Waals surface area contributed by atoms with Crippen molar-refractivity contribution >= 4 is 15.7 Å². The molecule has 7 heteroatoms. The van der Waals surface area contributed by atoms with Gasteiger partial charge in [-0.2, -0.15) is 5.10 Å².